The van der Waals surface area contributed by atoms with Gasteiger partial charge in [0.1, 0.15) is 11.2 Å². The first-order valence-corrected chi connectivity index (χ1v) is 16.7. The summed E-state index contributed by atoms with van der Waals surface area (Å²) in [6.07, 6.45) is 0. The fourth-order valence-electron chi connectivity index (χ4n) is 7.30. The van der Waals surface area contributed by atoms with Crippen LogP contribution in [0.4, 0.5) is 0 Å². The van der Waals surface area contributed by atoms with E-state index in [4.69, 9.17) is 4.42 Å². The molecule has 0 aliphatic carbocycles. The van der Waals surface area contributed by atoms with Crippen LogP contribution in [-0.4, -0.2) is 4.57 Å². The van der Waals surface area contributed by atoms with Gasteiger partial charge in [0.15, 0.2) is 0 Å². The molecule has 0 saturated heterocycles. The van der Waals surface area contributed by atoms with Crippen LogP contribution in [0.1, 0.15) is 0 Å². The molecule has 0 atom stereocenters. The van der Waals surface area contributed by atoms with E-state index in [-0.39, 0.29) is 0 Å². The van der Waals surface area contributed by atoms with E-state index in [1.165, 1.54) is 59.1 Å². The molecule has 7 aromatic carbocycles. The van der Waals surface area contributed by atoms with Crippen LogP contribution >= 0.6 is 11.3 Å². The molecule has 3 aromatic heterocycles. The van der Waals surface area contributed by atoms with E-state index in [0.29, 0.717) is 0 Å². The lowest BCUT2D eigenvalue weighted by molar-refractivity contribution is 0.669. The van der Waals surface area contributed by atoms with Gasteiger partial charge in [0.2, 0.25) is 0 Å². The number of fused-ring (bicyclic) bond motifs is 8. The van der Waals surface area contributed by atoms with Crippen LogP contribution in [-0.2, 0) is 0 Å². The van der Waals surface area contributed by atoms with Crippen molar-refractivity contribution in [3.8, 4) is 39.1 Å². The van der Waals surface area contributed by atoms with Crippen molar-refractivity contribution in [3.63, 3.8) is 0 Å². The third-order valence-corrected chi connectivity index (χ3v) is 10.6. The summed E-state index contributed by atoms with van der Waals surface area (Å²) in [6, 6.07) is 58.7. The lowest BCUT2D eigenvalue weighted by Crippen LogP contribution is -1.94. The van der Waals surface area contributed by atoms with Crippen molar-refractivity contribution in [1.82, 2.24) is 4.57 Å². The van der Waals surface area contributed by atoms with E-state index in [1.54, 1.807) is 0 Å². The average Bonchev–Trinajstić information content (AvgIpc) is 3.80. The van der Waals surface area contributed by atoms with Gasteiger partial charge >= 0.3 is 0 Å². The van der Waals surface area contributed by atoms with Crippen LogP contribution in [0, 0.1) is 0 Å². The van der Waals surface area contributed by atoms with Gasteiger partial charge in [0.05, 0.1) is 15.7 Å². The van der Waals surface area contributed by atoms with Crippen molar-refractivity contribution in [3.05, 3.63) is 164 Å². The molecule has 0 unspecified atom stereocenters. The number of nitrogens with zero attached hydrogens (tertiary/aromatic N) is 1. The third-order valence-electron chi connectivity index (χ3n) is 9.43. The third kappa shape index (κ3) is 4.04. The van der Waals surface area contributed by atoms with Crippen LogP contribution in [0.25, 0.3) is 92.2 Å². The zero-order valence-electron chi connectivity index (χ0n) is 25.4. The molecule has 0 amide bonds. The van der Waals surface area contributed by atoms with E-state index >= 15 is 0 Å². The summed E-state index contributed by atoms with van der Waals surface area (Å²) >= 11 is 1.89. The minimum Gasteiger partial charge on any atom is -0.456 e. The van der Waals surface area contributed by atoms with Crippen LogP contribution in [0.5, 0.6) is 0 Å². The summed E-state index contributed by atoms with van der Waals surface area (Å²) in [4.78, 5) is 0. The summed E-state index contributed by atoms with van der Waals surface area (Å²) in [7, 11) is 0. The lowest BCUT2D eigenvalue weighted by Gasteiger charge is -2.13. The smallest absolute Gasteiger partial charge is 0.136 e. The minimum atomic E-state index is 0.901. The van der Waals surface area contributed by atoms with Crippen molar-refractivity contribution in [2.75, 3.05) is 0 Å². The molecule has 0 bridgehead atoms. The van der Waals surface area contributed by atoms with Crippen LogP contribution < -0.4 is 0 Å². The van der Waals surface area contributed by atoms with Crippen molar-refractivity contribution in [1.29, 1.82) is 0 Å². The van der Waals surface area contributed by atoms with E-state index in [9.17, 15) is 0 Å². The van der Waals surface area contributed by atoms with Gasteiger partial charge in [-0.1, -0.05) is 115 Å². The molecule has 0 radical (unpaired) electrons. The molecule has 3 heteroatoms. The Morgan fingerprint density at radius 1 is 0.447 bits per heavy atom. The largest absolute Gasteiger partial charge is 0.456 e. The van der Waals surface area contributed by atoms with E-state index in [2.05, 4.69) is 162 Å². The van der Waals surface area contributed by atoms with Gasteiger partial charge in [-0.25, -0.2) is 0 Å². The van der Waals surface area contributed by atoms with E-state index in [1.807, 2.05) is 17.4 Å². The molecular weight excluding hydrogens is 591 g/mol. The molecule has 10 aromatic rings. The second-order valence-corrected chi connectivity index (χ2v) is 13.1. The maximum atomic E-state index is 6.53. The Bertz CT molecular complexity index is 2780. The Hall–Kier alpha value is -5.90. The average molecular weight is 618 g/mol. The number of hydrogen-bond acceptors (Lipinski definition) is 2. The van der Waals surface area contributed by atoms with Crippen molar-refractivity contribution < 1.29 is 4.42 Å². The molecule has 0 saturated carbocycles. The van der Waals surface area contributed by atoms with Crippen molar-refractivity contribution in [2.45, 2.75) is 0 Å². The van der Waals surface area contributed by atoms with Gasteiger partial charge < -0.3 is 8.98 Å². The summed E-state index contributed by atoms with van der Waals surface area (Å²) < 4.78 is 11.6. The SMILES string of the molecule is c1ccc(-c2ccc3c(c2)oc2cc(-c4ccccc4-c4cccc5sc6c7ccccc7n(-c7ccccc7)c6c45)ccc23)cc1. The molecule has 0 spiro atoms. The molecule has 0 N–H and O–H groups in total. The van der Waals surface area contributed by atoms with Gasteiger partial charge in [-0.15, -0.1) is 11.3 Å². The maximum Gasteiger partial charge on any atom is 0.136 e. The zero-order valence-corrected chi connectivity index (χ0v) is 26.2. The molecule has 0 fully saturated rings. The van der Waals surface area contributed by atoms with Crippen LogP contribution in [0.2, 0.25) is 0 Å². The number of hydrogen-bond donors (Lipinski definition) is 0. The number of rotatable bonds is 4. The Balaban J connectivity index is 1.19. The first-order chi connectivity index (χ1) is 23.3. The number of aromatic nitrogens is 1. The van der Waals surface area contributed by atoms with Gasteiger partial charge in [-0.2, -0.15) is 0 Å². The maximum absolute atomic E-state index is 6.53. The highest BCUT2D eigenvalue weighted by Gasteiger charge is 2.21. The summed E-state index contributed by atoms with van der Waals surface area (Å²) in [5.41, 5.74) is 12.6. The highest BCUT2D eigenvalue weighted by Crippen LogP contribution is 2.47. The monoisotopic (exact) mass is 617 g/mol. The first kappa shape index (κ1) is 26.3. The number of benzene rings is 7. The Morgan fingerprint density at radius 2 is 1.09 bits per heavy atom. The minimum absolute atomic E-state index is 0.901. The Labute approximate surface area is 275 Å². The fourth-order valence-corrected chi connectivity index (χ4v) is 8.55. The molecule has 220 valence electrons. The molecule has 10 rings (SSSR count). The molecular formula is C44H27NOS. The first-order valence-electron chi connectivity index (χ1n) is 15.9. The van der Waals surface area contributed by atoms with Gasteiger partial charge in [0, 0.05) is 31.9 Å². The topological polar surface area (TPSA) is 18.1 Å². The quantitative estimate of drug-likeness (QED) is 0.192. The van der Waals surface area contributed by atoms with Gasteiger partial charge in [0.25, 0.3) is 0 Å². The Kier molecular flexibility index (Phi) is 5.78. The zero-order chi connectivity index (χ0) is 30.9. The van der Waals surface area contributed by atoms with Gasteiger partial charge in [-0.05, 0) is 81.9 Å². The van der Waals surface area contributed by atoms with Gasteiger partial charge in [-0.3, -0.25) is 0 Å². The molecule has 2 nitrogen and oxygen atoms in total. The molecule has 0 aliphatic heterocycles. The van der Waals surface area contributed by atoms with E-state index < -0.39 is 0 Å². The predicted molar refractivity (Wildman–Crippen MR) is 200 cm³/mol. The fraction of sp³-hybridized carbons (Fsp3) is 0. The summed E-state index contributed by atoms with van der Waals surface area (Å²) in [6.45, 7) is 0. The molecule has 0 aliphatic rings. The predicted octanol–water partition coefficient (Wildman–Crippen LogP) is 12.9. The number of thiophene rings is 1. The summed E-state index contributed by atoms with van der Waals surface area (Å²) in [5.74, 6) is 0. The van der Waals surface area contributed by atoms with Crippen LogP contribution in [0.15, 0.2) is 168 Å². The molecule has 47 heavy (non-hydrogen) atoms. The van der Waals surface area contributed by atoms with E-state index in [0.717, 1.165) is 33.1 Å². The highest BCUT2D eigenvalue weighted by molar-refractivity contribution is 7.26. The van der Waals surface area contributed by atoms with Crippen molar-refractivity contribution in [2.24, 2.45) is 0 Å². The normalized spacial score (nSPS) is 11.8. The second kappa shape index (κ2) is 10.3. The number of furan rings is 1. The standard InChI is InChI=1S/C44H27NOS/c1-3-12-28(13-4-1)29-22-24-34-35-25-23-30(27-40(35)46-39(34)26-29)32-16-7-8-17-33(32)36-19-11-21-41-42(36)43-44(47-41)37-18-9-10-20-38(37)45(43)31-14-5-2-6-15-31/h1-27H. The molecule has 3 heterocycles. The second-order valence-electron chi connectivity index (χ2n) is 12.1. The highest BCUT2D eigenvalue weighted by atomic mass is 32.1. The lowest BCUT2D eigenvalue weighted by atomic mass is 9.92. The number of para-hydroxylation sites is 2. The Morgan fingerprint density at radius 3 is 1.89 bits per heavy atom. The van der Waals surface area contributed by atoms with Crippen LogP contribution in [0.3, 0.4) is 0 Å². The summed E-state index contributed by atoms with van der Waals surface area (Å²) in [5, 5.41) is 4.85. The van der Waals surface area contributed by atoms with Crippen molar-refractivity contribution >= 4 is 64.5 Å².